The Balaban J connectivity index is 1.81. The number of aromatic nitrogens is 3. The summed E-state index contributed by atoms with van der Waals surface area (Å²) >= 11 is 0. The maximum Gasteiger partial charge on any atom is 0.326 e. The summed E-state index contributed by atoms with van der Waals surface area (Å²) in [6, 6.07) is 10.8. The van der Waals surface area contributed by atoms with E-state index in [2.05, 4.69) is 15.3 Å². The lowest BCUT2D eigenvalue weighted by Crippen LogP contribution is -2.26. The number of amides is 1. The fourth-order valence-corrected chi connectivity index (χ4v) is 2.63. The summed E-state index contributed by atoms with van der Waals surface area (Å²) in [6.45, 7) is 3.85. The van der Waals surface area contributed by atoms with Gasteiger partial charge in [-0.15, -0.1) is 0 Å². The maximum atomic E-state index is 12.2. The SMILES string of the molecule is CC(C)OC(=O)Cn1c(CNC(=O)c2ccncc2)nc2ccccc21. The van der Waals surface area contributed by atoms with Gasteiger partial charge in [0.1, 0.15) is 12.4 Å². The van der Waals surface area contributed by atoms with Gasteiger partial charge in [0.25, 0.3) is 5.91 Å². The second kappa shape index (κ2) is 7.77. The zero-order valence-corrected chi connectivity index (χ0v) is 14.7. The van der Waals surface area contributed by atoms with Crippen LogP contribution in [0.25, 0.3) is 11.0 Å². The van der Waals surface area contributed by atoms with Crippen LogP contribution in [0.1, 0.15) is 30.0 Å². The minimum absolute atomic E-state index is 0.0408. The molecule has 7 nitrogen and oxygen atoms in total. The van der Waals surface area contributed by atoms with Crippen LogP contribution in [-0.2, 0) is 22.6 Å². The van der Waals surface area contributed by atoms with Crippen LogP contribution in [0.2, 0.25) is 0 Å². The van der Waals surface area contributed by atoms with E-state index in [-0.39, 0.29) is 31.1 Å². The third-order valence-corrected chi connectivity index (χ3v) is 3.74. The summed E-state index contributed by atoms with van der Waals surface area (Å²) in [5.41, 5.74) is 2.10. The van der Waals surface area contributed by atoms with Gasteiger partial charge in [-0.05, 0) is 38.1 Å². The number of nitrogens with one attached hydrogen (secondary N) is 1. The Morgan fingerprint density at radius 3 is 2.62 bits per heavy atom. The monoisotopic (exact) mass is 352 g/mol. The number of rotatable bonds is 6. The van der Waals surface area contributed by atoms with Crippen molar-refractivity contribution >= 4 is 22.9 Å². The molecule has 0 unspecified atom stereocenters. The van der Waals surface area contributed by atoms with Gasteiger partial charge in [0.15, 0.2) is 0 Å². The third kappa shape index (κ3) is 4.05. The zero-order chi connectivity index (χ0) is 18.5. The van der Waals surface area contributed by atoms with E-state index < -0.39 is 0 Å². The molecule has 0 aliphatic rings. The van der Waals surface area contributed by atoms with Gasteiger partial charge in [-0.3, -0.25) is 14.6 Å². The predicted molar refractivity (Wildman–Crippen MR) is 96.4 cm³/mol. The van der Waals surface area contributed by atoms with Crippen molar-refractivity contribution in [3.63, 3.8) is 0 Å². The Morgan fingerprint density at radius 2 is 1.88 bits per heavy atom. The number of fused-ring (bicyclic) bond motifs is 1. The van der Waals surface area contributed by atoms with E-state index in [1.165, 1.54) is 0 Å². The number of esters is 1. The summed E-state index contributed by atoms with van der Waals surface area (Å²) in [5.74, 6) is 0.0231. The van der Waals surface area contributed by atoms with Crippen LogP contribution in [-0.4, -0.2) is 32.5 Å². The fraction of sp³-hybridized carbons (Fsp3) is 0.263. The number of ether oxygens (including phenoxy) is 1. The summed E-state index contributed by atoms with van der Waals surface area (Å²) in [6.07, 6.45) is 2.94. The molecule has 0 saturated heterocycles. The number of para-hydroxylation sites is 2. The number of benzene rings is 1. The lowest BCUT2D eigenvalue weighted by molar-refractivity contribution is -0.148. The van der Waals surface area contributed by atoms with Gasteiger partial charge in [-0.1, -0.05) is 12.1 Å². The molecule has 2 heterocycles. The van der Waals surface area contributed by atoms with Gasteiger partial charge in [-0.2, -0.15) is 0 Å². The van der Waals surface area contributed by atoms with Crippen molar-refractivity contribution in [1.82, 2.24) is 19.9 Å². The molecule has 1 aromatic carbocycles. The van der Waals surface area contributed by atoms with Crippen LogP contribution in [0.15, 0.2) is 48.8 Å². The van der Waals surface area contributed by atoms with Crippen molar-refractivity contribution in [2.75, 3.05) is 0 Å². The van der Waals surface area contributed by atoms with Crippen LogP contribution in [0.4, 0.5) is 0 Å². The zero-order valence-electron chi connectivity index (χ0n) is 14.7. The minimum Gasteiger partial charge on any atom is -0.462 e. The van der Waals surface area contributed by atoms with Crippen LogP contribution >= 0.6 is 0 Å². The van der Waals surface area contributed by atoms with Crippen molar-refractivity contribution in [1.29, 1.82) is 0 Å². The van der Waals surface area contributed by atoms with E-state index in [0.717, 1.165) is 11.0 Å². The standard InChI is InChI=1S/C19H20N4O3/c1-13(2)26-18(24)12-23-16-6-4-3-5-15(16)22-17(23)11-21-19(25)14-7-9-20-10-8-14/h3-10,13H,11-12H2,1-2H3,(H,21,25). The second-order valence-corrected chi connectivity index (χ2v) is 6.06. The first-order valence-electron chi connectivity index (χ1n) is 8.36. The number of carbonyl (C=O) groups is 2. The predicted octanol–water partition coefficient (Wildman–Crippen LogP) is 2.31. The number of nitrogens with zero attached hydrogens (tertiary/aromatic N) is 3. The molecule has 0 aliphatic heterocycles. The maximum absolute atomic E-state index is 12.2. The minimum atomic E-state index is -0.343. The number of imidazole rings is 1. The average molecular weight is 352 g/mol. The number of pyridine rings is 1. The molecule has 7 heteroatoms. The molecule has 134 valence electrons. The molecule has 26 heavy (non-hydrogen) atoms. The van der Waals surface area contributed by atoms with Crippen molar-refractivity contribution in [3.05, 3.63) is 60.2 Å². The first-order valence-corrected chi connectivity index (χ1v) is 8.36. The molecule has 0 saturated carbocycles. The molecular weight excluding hydrogens is 332 g/mol. The van der Waals surface area contributed by atoms with E-state index in [1.807, 2.05) is 24.3 Å². The molecule has 1 N–H and O–H groups in total. The van der Waals surface area contributed by atoms with Crippen LogP contribution in [0.3, 0.4) is 0 Å². The number of hydrogen-bond acceptors (Lipinski definition) is 5. The van der Waals surface area contributed by atoms with E-state index in [4.69, 9.17) is 4.74 Å². The van der Waals surface area contributed by atoms with Crippen molar-refractivity contribution < 1.29 is 14.3 Å². The van der Waals surface area contributed by atoms with Gasteiger partial charge >= 0.3 is 5.97 Å². The molecule has 0 atom stereocenters. The molecule has 2 aromatic heterocycles. The van der Waals surface area contributed by atoms with Gasteiger partial charge in [0, 0.05) is 18.0 Å². The molecule has 3 aromatic rings. The van der Waals surface area contributed by atoms with Gasteiger partial charge < -0.3 is 14.6 Å². The highest BCUT2D eigenvalue weighted by atomic mass is 16.5. The highest BCUT2D eigenvalue weighted by Gasteiger charge is 2.16. The van der Waals surface area contributed by atoms with E-state index in [9.17, 15) is 9.59 Å². The Hall–Kier alpha value is -3.22. The molecule has 0 spiro atoms. The van der Waals surface area contributed by atoms with Crippen molar-refractivity contribution in [2.45, 2.75) is 33.0 Å². The Bertz CT molecular complexity index is 919. The highest BCUT2D eigenvalue weighted by molar-refractivity contribution is 5.94. The number of carbonyl (C=O) groups excluding carboxylic acids is 2. The summed E-state index contributed by atoms with van der Waals surface area (Å²) < 4.78 is 7.01. The quantitative estimate of drug-likeness (QED) is 0.688. The lowest BCUT2D eigenvalue weighted by atomic mass is 10.2. The summed E-state index contributed by atoms with van der Waals surface area (Å²) in [7, 11) is 0. The summed E-state index contributed by atoms with van der Waals surface area (Å²) in [4.78, 5) is 32.8. The fourth-order valence-electron chi connectivity index (χ4n) is 2.63. The van der Waals surface area contributed by atoms with Gasteiger partial charge in [-0.25, -0.2) is 4.98 Å². The second-order valence-electron chi connectivity index (χ2n) is 6.06. The average Bonchev–Trinajstić information content (AvgIpc) is 2.97. The highest BCUT2D eigenvalue weighted by Crippen LogP contribution is 2.16. The molecule has 0 fully saturated rings. The third-order valence-electron chi connectivity index (χ3n) is 3.74. The topological polar surface area (TPSA) is 86.1 Å². The normalized spacial score (nSPS) is 10.9. The first kappa shape index (κ1) is 17.6. The molecular formula is C19H20N4O3. The van der Waals surface area contributed by atoms with E-state index >= 15 is 0 Å². The molecule has 0 bridgehead atoms. The van der Waals surface area contributed by atoms with Crippen molar-refractivity contribution in [2.24, 2.45) is 0 Å². The smallest absolute Gasteiger partial charge is 0.326 e. The molecule has 0 aliphatic carbocycles. The largest absolute Gasteiger partial charge is 0.462 e. The van der Waals surface area contributed by atoms with Gasteiger partial charge in [0.2, 0.25) is 0 Å². The van der Waals surface area contributed by atoms with Crippen LogP contribution < -0.4 is 5.32 Å². The summed E-state index contributed by atoms with van der Waals surface area (Å²) in [5, 5.41) is 2.83. The first-order chi connectivity index (χ1) is 12.5. The molecule has 3 rings (SSSR count). The molecule has 1 amide bonds. The van der Waals surface area contributed by atoms with Crippen molar-refractivity contribution in [3.8, 4) is 0 Å². The van der Waals surface area contributed by atoms with E-state index in [1.54, 1.807) is 42.9 Å². The Morgan fingerprint density at radius 1 is 1.15 bits per heavy atom. The van der Waals surface area contributed by atoms with E-state index in [0.29, 0.717) is 11.4 Å². The van der Waals surface area contributed by atoms with Gasteiger partial charge in [0.05, 0.1) is 23.7 Å². The molecule has 0 radical (unpaired) electrons. The number of hydrogen-bond donors (Lipinski definition) is 1. The lowest BCUT2D eigenvalue weighted by Gasteiger charge is -2.12. The van der Waals surface area contributed by atoms with Crippen LogP contribution in [0.5, 0.6) is 0 Å². The Labute approximate surface area is 151 Å². The Kier molecular flexibility index (Phi) is 5.26. The van der Waals surface area contributed by atoms with Crippen LogP contribution in [0, 0.1) is 0 Å².